The number of carboxylic acids is 1. The number of aliphatic carboxylic acids is 1. The highest BCUT2D eigenvalue weighted by Crippen LogP contribution is 2.16. The van der Waals surface area contributed by atoms with E-state index in [9.17, 15) is 19.5 Å². The van der Waals surface area contributed by atoms with E-state index in [0.717, 1.165) is 109 Å². The Labute approximate surface area is 497 Å². The number of esters is 2. The molecule has 2 atom stereocenters. The van der Waals surface area contributed by atoms with E-state index < -0.39 is 24.3 Å². The first kappa shape index (κ1) is 76.7. The van der Waals surface area contributed by atoms with Crippen molar-refractivity contribution in [1.82, 2.24) is 0 Å². The molecule has 0 N–H and O–H groups in total. The quantitative estimate of drug-likeness (QED) is 0.0195. The molecule has 0 amide bonds. The highest BCUT2D eigenvalue weighted by Gasteiger charge is 2.22. The number of rotatable bonds is 59. The van der Waals surface area contributed by atoms with Gasteiger partial charge < -0.3 is 33.3 Å². The molecule has 0 aromatic rings. The molecule has 0 spiro atoms. The van der Waals surface area contributed by atoms with Crippen LogP contribution in [0.3, 0.4) is 0 Å². The van der Waals surface area contributed by atoms with E-state index in [4.69, 9.17) is 18.9 Å². The maximum atomic E-state index is 12.9. The van der Waals surface area contributed by atoms with Gasteiger partial charge in [-0.05, 0) is 109 Å². The average molecular weight is 1130 g/mol. The van der Waals surface area contributed by atoms with Crippen LogP contribution >= 0.6 is 0 Å². The number of allylic oxidation sites excluding steroid dienone is 20. The molecule has 0 aliphatic heterocycles. The fraction of sp³-hybridized carbons (Fsp3) is 0.681. The lowest BCUT2D eigenvalue weighted by molar-refractivity contribution is -0.870. The fourth-order valence-electron chi connectivity index (χ4n) is 8.70. The third-order valence-electron chi connectivity index (χ3n) is 13.7. The first-order valence-corrected chi connectivity index (χ1v) is 32.7. The lowest BCUT2D eigenvalue weighted by atomic mass is 10.0. The minimum atomic E-state index is -1.63. The van der Waals surface area contributed by atoms with Crippen LogP contribution in [0.2, 0.25) is 0 Å². The second-order valence-electron chi connectivity index (χ2n) is 22.7. The number of carbonyl (C=O) groups excluding carboxylic acids is 3. The Morgan fingerprint density at radius 3 is 1.05 bits per heavy atom. The van der Waals surface area contributed by atoms with Crippen molar-refractivity contribution in [1.29, 1.82) is 0 Å². The van der Waals surface area contributed by atoms with Gasteiger partial charge in [-0.2, -0.15) is 0 Å². The summed E-state index contributed by atoms with van der Waals surface area (Å²) in [6.07, 6.45) is 84.0. The monoisotopic (exact) mass is 1130 g/mol. The van der Waals surface area contributed by atoms with Crippen LogP contribution in [-0.2, 0) is 33.3 Å². The van der Waals surface area contributed by atoms with Crippen molar-refractivity contribution >= 4 is 17.9 Å². The Morgan fingerprint density at radius 1 is 0.383 bits per heavy atom. The number of unbranched alkanes of at least 4 members (excludes halogenated alkanes) is 24. The van der Waals surface area contributed by atoms with E-state index >= 15 is 0 Å². The van der Waals surface area contributed by atoms with E-state index in [1.165, 1.54) is 116 Å². The van der Waals surface area contributed by atoms with Gasteiger partial charge in [0.1, 0.15) is 13.2 Å². The van der Waals surface area contributed by atoms with E-state index in [1.807, 2.05) is 21.1 Å². The zero-order valence-electron chi connectivity index (χ0n) is 52.6. The van der Waals surface area contributed by atoms with Gasteiger partial charge in [0.15, 0.2) is 12.4 Å². The number of quaternary nitrogens is 1. The van der Waals surface area contributed by atoms with Crippen molar-refractivity contribution in [3.63, 3.8) is 0 Å². The average Bonchev–Trinajstić information content (AvgIpc) is 3.44. The van der Waals surface area contributed by atoms with Gasteiger partial charge in [-0.15, -0.1) is 0 Å². The molecule has 0 aromatic heterocycles. The van der Waals surface area contributed by atoms with Crippen LogP contribution in [0.25, 0.3) is 0 Å². The minimum Gasteiger partial charge on any atom is -0.545 e. The van der Waals surface area contributed by atoms with Gasteiger partial charge in [-0.3, -0.25) is 9.59 Å². The molecule has 0 radical (unpaired) electrons. The Balaban J connectivity index is 4.14. The molecule has 0 fully saturated rings. The molecule has 9 heteroatoms. The lowest BCUT2D eigenvalue weighted by Crippen LogP contribution is -2.44. The van der Waals surface area contributed by atoms with Crippen molar-refractivity contribution < 1.29 is 42.9 Å². The normalized spacial score (nSPS) is 13.5. The van der Waals surface area contributed by atoms with E-state index in [0.29, 0.717) is 17.4 Å². The van der Waals surface area contributed by atoms with Crippen LogP contribution in [0.15, 0.2) is 122 Å². The van der Waals surface area contributed by atoms with Crippen molar-refractivity contribution in [2.24, 2.45) is 0 Å². The highest BCUT2D eigenvalue weighted by atomic mass is 16.7. The maximum absolute atomic E-state index is 12.9. The summed E-state index contributed by atoms with van der Waals surface area (Å²) in [5, 5.41) is 11.8. The molecule has 0 heterocycles. The lowest BCUT2D eigenvalue weighted by Gasteiger charge is -2.26. The standard InChI is InChI=1S/C72H121NO8/c1-6-8-10-12-14-16-18-20-22-24-26-27-28-29-30-31-32-33-34-35-36-37-38-39-40-41-42-43-45-47-49-51-53-55-57-59-61-63-70(75)81-68(67-80-72(71(76)77)78-65-64-73(3,4)5)66-79-69(74)62-60-58-56-54-52-50-48-46-44-25-23-21-19-17-15-13-11-9-7-2/h8,10,14-17,20-23,26-27,29-30,32-33,35-36,44,46,68,72H,6-7,9,11-13,18-19,24-25,28,31,34,37-43,45,47-67H2,1-5H3/b10-8-,16-14-,17-15-,22-20-,23-21-,27-26-,30-29-,33-32-,36-35-,46-44-. The third-order valence-corrected chi connectivity index (χ3v) is 13.7. The molecule has 0 aliphatic carbocycles. The van der Waals surface area contributed by atoms with Crippen molar-refractivity contribution in [3.05, 3.63) is 122 Å². The SMILES string of the molecule is CC/C=C\C/C=C\C/C=C\C/C=C\C/C=C\C/C=C\C/C=C\CCCCCCCCCCCCCCCCCC(=O)OC(COC(=O)CCCCCCCC/C=C\C/C=C\C/C=C\CCCCC)COC(OCC[N+](C)(C)C)C(=O)[O-]. The van der Waals surface area contributed by atoms with Gasteiger partial charge in [0, 0.05) is 12.8 Å². The first-order chi connectivity index (χ1) is 39.6. The molecule has 0 bridgehead atoms. The van der Waals surface area contributed by atoms with Crippen LogP contribution in [0.4, 0.5) is 0 Å². The van der Waals surface area contributed by atoms with Gasteiger partial charge in [0.2, 0.25) is 0 Å². The van der Waals surface area contributed by atoms with Crippen molar-refractivity contribution in [2.45, 2.75) is 270 Å². The summed E-state index contributed by atoms with van der Waals surface area (Å²) in [6.45, 7) is 4.59. The number of likely N-dealkylation sites (N-methyl/N-ethyl adjacent to an activating group) is 1. The van der Waals surface area contributed by atoms with Crippen LogP contribution in [-0.4, -0.2) is 82.3 Å². The molecule has 81 heavy (non-hydrogen) atoms. The second-order valence-corrected chi connectivity index (χ2v) is 22.7. The molecule has 0 saturated heterocycles. The first-order valence-electron chi connectivity index (χ1n) is 32.7. The highest BCUT2D eigenvalue weighted by molar-refractivity contribution is 5.70. The summed E-state index contributed by atoms with van der Waals surface area (Å²) in [7, 11) is 5.92. The molecule has 2 unspecified atom stereocenters. The van der Waals surface area contributed by atoms with Gasteiger partial charge in [0.05, 0.1) is 40.3 Å². The predicted octanol–water partition coefficient (Wildman–Crippen LogP) is 18.7. The largest absolute Gasteiger partial charge is 0.545 e. The van der Waals surface area contributed by atoms with E-state index in [2.05, 4.69) is 135 Å². The zero-order chi connectivity index (χ0) is 59.1. The summed E-state index contributed by atoms with van der Waals surface area (Å²) in [4.78, 5) is 37.4. The smallest absolute Gasteiger partial charge is 0.306 e. The number of ether oxygens (including phenoxy) is 4. The van der Waals surface area contributed by atoms with Gasteiger partial charge in [0.25, 0.3) is 0 Å². The number of hydrogen-bond donors (Lipinski definition) is 0. The number of carbonyl (C=O) groups is 3. The van der Waals surface area contributed by atoms with Crippen LogP contribution in [0.1, 0.15) is 258 Å². The van der Waals surface area contributed by atoms with E-state index in [-0.39, 0.29) is 38.6 Å². The summed E-state index contributed by atoms with van der Waals surface area (Å²) in [5.41, 5.74) is 0. The molecule has 0 rings (SSSR count). The van der Waals surface area contributed by atoms with Crippen molar-refractivity contribution in [3.8, 4) is 0 Å². The van der Waals surface area contributed by atoms with Crippen LogP contribution < -0.4 is 5.11 Å². The third kappa shape index (κ3) is 63.1. The van der Waals surface area contributed by atoms with Gasteiger partial charge >= 0.3 is 11.9 Å². The molecule has 0 aromatic carbocycles. The number of hydrogen-bond acceptors (Lipinski definition) is 8. The second kappa shape index (κ2) is 61.8. The molecule has 0 aliphatic rings. The maximum Gasteiger partial charge on any atom is 0.306 e. The van der Waals surface area contributed by atoms with Crippen LogP contribution in [0, 0.1) is 0 Å². The Morgan fingerprint density at radius 2 is 0.704 bits per heavy atom. The molecular weight excluding hydrogens is 1010 g/mol. The molecular formula is C72H121NO8. The number of carboxylic acid groups (broad SMARTS) is 1. The molecule has 462 valence electrons. The van der Waals surface area contributed by atoms with Crippen LogP contribution in [0.5, 0.6) is 0 Å². The Hall–Kier alpha value is -4.31. The predicted molar refractivity (Wildman–Crippen MR) is 343 cm³/mol. The molecule has 9 nitrogen and oxygen atoms in total. The molecule has 0 saturated carbocycles. The zero-order valence-corrected chi connectivity index (χ0v) is 52.6. The van der Waals surface area contributed by atoms with Gasteiger partial charge in [-0.1, -0.05) is 257 Å². The Bertz CT molecular complexity index is 1740. The number of nitrogens with zero attached hydrogens (tertiary/aromatic N) is 1. The topological polar surface area (TPSA) is 111 Å². The van der Waals surface area contributed by atoms with E-state index in [1.54, 1.807) is 0 Å². The summed E-state index contributed by atoms with van der Waals surface area (Å²) >= 11 is 0. The minimum absolute atomic E-state index is 0.141. The van der Waals surface area contributed by atoms with Gasteiger partial charge in [-0.25, -0.2) is 0 Å². The summed E-state index contributed by atoms with van der Waals surface area (Å²) in [5.74, 6) is -2.30. The summed E-state index contributed by atoms with van der Waals surface area (Å²) < 4.78 is 22.7. The Kier molecular flexibility index (Phi) is 58.5. The van der Waals surface area contributed by atoms with Crippen molar-refractivity contribution in [2.75, 3.05) is 47.5 Å². The fourth-order valence-corrected chi connectivity index (χ4v) is 8.70. The summed E-state index contributed by atoms with van der Waals surface area (Å²) in [6, 6.07) is 0.